The molecule has 0 saturated carbocycles. The van der Waals surface area contributed by atoms with E-state index in [1.807, 2.05) is 42.5 Å². The molecule has 19 heavy (non-hydrogen) atoms. The SMILES string of the molecule is C=C(C(=O)O)c1ccn(C/C=C/c2ccccc2)n1. The Morgan fingerprint density at radius 3 is 2.74 bits per heavy atom. The number of aromatic nitrogens is 2. The van der Waals surface area contributed by atoms with Crippen molar-refractivity contribution in [1.29, 1.82) is 0 Å². The molecular formula is C15H14N2O2. The van der Waals surface area contributed by atoms with Crippen molar-refractivity contribution in [3.8, 4) is 0 Å². The number of carboxylic acid groups (broad SMARTS) is 1. The van der Waals surface area contributed by atoms with Gasteiger partial charge < -0.3 is 5.11 Å². The highest BCUT2D eigenvalue weighted by molar-refractivity contribution is 6.13. The van der Waals surface area contributed by atoms with Crippen LogP contribution < -0.4 is 0 Å². The molecule has 1 N–H and O–H groups in total. The lowest BCUT2D eigenvalue weighted by Crippen LogP contribution is -2.01. The van der Waals surface area contributed by atoms with Gasteiger partial charge in [-0.3, -0.25) is 4.68 Å². The van der Waals surface area contributed by atoms with Crippen LogP contribution in [0.1, 0.15) is 11.3 Å². The zero-order valence-corrected chi connectivity index (χ0v) is 10.4. The zero-order valence-electron chi connectivity index (χ0n) is 10.4. The largest absolute Gasteiger partial charge is 0.478 e. The molecule has 2 aromatic rings. The third-order valence-corrected chi connectivity index (χ3v) is 2.61. The fraction of sp³-hybridized carbons (Fsp3) is 0.0667. The van der Waals surface area contributed by atoms with Crippen molar-refractivity contribution in [2.75, 3.05) is 0 Å². The summed E-state index contributed by atoms with van der Waals surface area (Å²) in [6.45, 7) is 4.06. The van der Waals surface area contributed by atoms with Gasteiger partial charge in [0.15, 0.2) is 0 Å². The van der Waals surface area contributed by atoms with Crippen LogP contribution in [0.15, 0.2) is 55.3 Å². The van der Waals surface area contributed by atoms with Crippen LogP contribution in [0.2, 0.25) is 0 Å². The molecule has 96 valence electrons. The van der Waals surface area contributed by atoms with Gasteiger partial charge in [-0.05, 0) is 11.6 Å². The van der Waals surface area contributed by atoms with E-state index < -0.39 is 5.97 Å². The number of allylic oxidation sites excluding steroid dienone is 1. The number of nitrogens with zero attached hydrogens (tertiary/aromatic N) is 2. The molecule has 0 saturated heterocycles. The minimum Gasteiger partial charge on any atom is -0.478 e. The molecule has 4 nitrogen and oxygen atoms in total. The van der Waals surface area contributed by atoms with Crippen molar-refractivity contribution < 1.29 is 9.90 Å². The van der Waals surface area contributed by atoms with Crippen LogP contribution >= 0.6 is 0 Å². The molecular weight excluding hydrogens is 240 g/mol. The summed E-state index contributed by atoms with van der Waals surface area (Å²) in [4.78, 5) is 10.7. The van der Waals surface area contributed by atoms with Crippen molar-refractivity contribution >= 4 is 17.6 Å². The van der Waals surface area contributed by atoms with E-state index in [0.717, 1.165) is 5.56 Å². The van der Waals surface area contributed by atoms with Gasteiger partial charge in [-0.1, -0.05) is 49.1 Å². The third kappa shape index (κ3) is 3.42. The summed E-state index contributed by atoms with van der Waals surface area (Å²) in [5, 5.41) is 13.0. The molecule has 0 amide bonds. The Bertz CT molecular complexity index is 612. The molecule has 0 radical (unpaired) electrons. The van der Waals surface area contributed by atoms with E-state index in [1.54, 1.807) is 16.9 Å². The minimum absolute atomic E-state index is 0.00536. The predicted octanol–water partition coefficient (Wildman–Crippen LogP) is 2.69. The number of aliphatic carboxylic acids is 1. The lowest BCUT2D eigenvalue weighted by molar-refractivity contribution is -0.130. The Kier molecular flexibility index (Phi) is 3.93. The molecule has 0 unspecified atom stereocenters. The fourth-order valence-electron chi connectivity index (χ4n) is 1.59. The van der Waals surface area contributed by atoms with Gasteiger partial charge in [-0.25, -0.2) is 4.79 Å². The maximum atomic E-state index is 10.7. The molecule has 1 heterocycles. The molecule has 0 spiro atoms. The van der Waals surface area contributed by atoms with Crippen LogP contribution in [0.4, 0.5) is 0 Å². The number of hydrogen-bond acceptors (Lipinski definition) is 2. The standard InChI is InChI=1S/C15H14N2O2/c1-12(15(18)19)14-9-11-17(16-14)10-5-8-13-6-3-2-4-7-13/h2-9,11H,1,10H2,(H,18,19)/b8-5+. The summed E-state index contributed by atoms with van der Waals surface area (Å²) in [5.41, 5.74) is 1.51. The molecule has 4 heteroatoms. The second-order valence-electron chi connectivity index (χ2n) is 4.02. The van der Waals surface area contributed by atoms with Crippen LogP contribution in [-0.4, -0.2) is 20.9 Å². The van der Waals surface area contributed by atoms with Crippen molar-refractivity contribution in [3.05, 3.63) is 66.5 Å². The van der Waals surface area contributed by atoms with E-state index in [-0.39, 0.29) is 5.57 Å². The van der Waals surface area contributed by atoms with Gasteiger partial charge in [0.1, 0.15) is 0 Å². The van der Waals surface area contributed by atoms with Crippen molar-refractivity contribution in [2.45, 2.75) is 6.54 Å². The van der Waals surface area contributed by atoms with Crippen LogP contribution in [-0.2, 0) is 11.3 Å². The second-order valence-corrected chi connectivity index (χ2v) is 4.02. The third-order valence-electron chi connectivity index (χ3n) is 2.61. The molecule has 0 bridgehead atoms. The lowest BCUT2D eigenvalue weighted by Gasteiger charge is -1.96. The van der Waals surface area contributed by atoms with Crippen LogP contribution in [0.5, 0.6) is 0 Å². The van der Waals surface area contributed by atoms with E-state index in [0.29, 0.717) is 12.2 Å². The summed E-state index contributed by atoms with van der Waals surface area (Å²) in [6.07, 6.45) is 5.70. The topological polar surface area (TPSA) is 55.1 Å². The van der Waals surface area contributed by atoms with Crippen LogP contribution in [0.3, 0.4) is 0 Å². The minimum atomic E-state index is -1.05. The van der Waals surface area contributed by atoms with Gasteiger partial charge in [0.2, 0.25) is 0 Å². The monoisotopic (exact) mass is 254 g/mol. The van der Waals surface area contributed by atoms with Crippen molar-refractivity contribution in [1.82, 2.24) is 9.78 Å². The Balaban J connectivity index is 1.99. The summed E-state index contributed by atoms with van der Waals surface area (Å²) in [5.74, 6) is -1.05. The summed E-state index contributed by atoms with van der Waals surface area (Å²) >= 11 is 0. The summed E-state index contributed by atoms with van der Waals surface area (Å²) < 4.78 is 1.67. The maximum Gasteiger partial charge on any atom is 0.337 e. The van der Waals surface area contributed by atoms with E-state index in [1.165, 1.54) is 0 Å². The number of benzene rings is 1. The van der Waals surface area contributed by atoms with Gasteiger partial charge in [0.05, 0.1) is 17.8 Å². The Labute approximate surface area is 111 Å². The number of hydrogen-bond donors (Lipinski definition) is 1. The van der Waals surface area contributed by atoms with E-state index in [9.17, 15) is 4.79 Å². The van der Waals surface area contributed by atoms with Crippen molar-refractivity contribution in [2.24, 2.45) is 0 Å². The first-order valence-corrected chi connectivity index (χ1v) is 5.84. The van der Waals surface area contributed by atoms with E-state index in [4.69, 9.17) is 5.11 Å². The van der Waals surface area contributed by atoms with Crippen LogP contribution in [0, 0.1) is 0 Å². The number of rotatable bonds is 5. The average molecular weight is 254 g/mol. The fourth-order valence-corrected chi connectivity index (χ4v) is 1.59. The molecule has 1 aromatic heterocycles. The van der Waals surface area contributed by atoms with Gasteiger partial charge >= 0.3 is 5.97 Å². The predicted molar refractivity (Wildman–Crippen MR) is 74.4 cm³/mol. The average Bonchev–Trinajstić information content (AvgIpc) is 2.88. The normalized spacial score (nSPS) is 10.7. The second kappa shape index (κ2) is 5.82. The maximum absolute atomic E-state index is 10.7. The Morgan fingerprint density at radius 2 is 2.05 bits per heavy atom. The summed E-state index contributed by atoms with van der Waals surface area (Å²) in [7, 11) is 0. The molecule has 0 aliphatic heterocycles. The number of carbonyl (C=O) groups is 1. The first-order valence-electron chi connectivity index (χ1n) is 5.84. The Hall–Kier alpha value is -2.62. The molecule has 0 aliphatic carbocycles. The highest BCUT2D eigenvalue weighted by Gasteiger charge is 2.09. The first kappa shape index (κ1) is 12.8. The molecule has 1 aromatic carbocycles. The molecule has 0 atom stereocenters. The molecule has 0 aliphatic rings. The van der Waals surface area contributed by atoms with Gasteiger partial charge in [-0.2, -0.15) is 5.10 Å². The first-order chi connectivity index (χ1) is 9.16. The lowest BCUT2D eigenvalue weighted by atomic mass is 10.2. The quantitative estimate of drug-likeness (QED) is 0.835. The van der Waals surface area contributed by atoms with Gasteiger partial charge in [-0.15, -0.1) is 0 Å². The van der Waals surface area contributed by atoms with E-state index in [2.05, 4.69) is 11.7 Å². The molecule has 2 rings (SSSR count). The zero-order chi connectivity index (χ0) is 13.7. The molecule has 0 fully saturated rings. The van der Waals surface area contributed by atoms with E-state index >= 15 is 0 Å². The van der Waals surface area contributed by atoms with Crippen LogP contribution in [0.25, 0.3) is 11.6 Å². The highest BCUT2D eigenvalue weighted by Crippen LogP contribution is 2.09. The van der Waals surface area contributed by atoms with Crippen molar-refractivity contribution in [3.63, 3.8) is 0 Å². The number of carboxylic acids is 1. The Morgan fingerprint density at radius 1 is 1.32 bits per heavy atom. The highest BCUT2D eigenvalue weighted by atomic mass is 16.4. The summed E-state index contributed by atoms with van der Waals surface area (Å²) in [6, 6.07) is 11.6. The smallest absolute Gasteiger partial charge is 0.337 e. The van der Waals surface area contributed by atoms with Gasteiger partial charge in [0.25, 0.3) is 0 Å². The van der Waals surface area contributed by atoms with Gasteiger partial charge in [0, 0.05) is 6.20 Å².